The summed E-state index contributed by atoms with van der Waals surface area (Å²) in [4.78, 5) is 24.6. The Morgan fingerprint density at radius 3 is 2.02 bits per heavy atom. The van der Waals surface area contributed by atoms with E-state index in [0.29, 0.717) is 13.1 Å². The lowest BCUT2D eigenvalue weighted by atomic mass is 9.93. The van der Waals surface area contributed by atoms with Crippen LogP contribution in [0.15, 0.2) is 91.0 Å². The maximum absolute atomic E-state index is 13.3. The topological polar surface area (TPSA) is 81.7 Å². The molecule has 44 heavy (non-hydrogen) atoms. The van der Waals surface area contributed by atoms with E-state index in [1.165, 1.54) is 10.8 Å². The average molecular weight is 647 g/mol. The predicted octanol–water partition coefficient (Wildman–Crippen LogP) is 7.08. The van der Waals surface area contributed by atoms with Crippen LogP contribution >= 0.6 is 23.2 Å². The standard InChI is InChI=1S/C31H31Cl2N3O.C2HF3O2/c32-27-11-3-6-22(14-27)20-36(21-23-7-4-12-28(33)15-23)29-16-26(17-34-19-29)31(37)35-18-25-10-5-9-24-8-1-2-13-30(24)25;3-2(4,5)1(6)7/h1-15,26,29,34H,16-21H2,(H,35,37);(H,6,7)/t26-,29+;/m0./s1. The molecule has 11 heteroatoms. The number of piperidine rings is 1. The van der Waals surface area contributed by atoms with Gasteiger partial charge in [-0.25, -0.2) is 4.79 Å². The molecule has 6 nitrogen and oxygen atoms in total. The van der Waals surface area contributed by atoms with Crippen molar-refractivity contribution in [1.29, 1.82) is 0 Å². The first kappa shape index (κ1) is 33.3. The molecule has 2 atom stereocenters. The SMILES string of the molecule is O=C(NCc1cccc2ccccc12)[C@@H]1CNC[C@H](N(Cc2cccc(Cl)c2)Cc2cccc(Cl)c2)C1.O=C(O)C(F)(F)F. The fraction of sp³-hybridized carbons (Fsp3) is 0.273. The second-order valence-corrected chi connectivity index (χ2v) is 11.4. The number of hydrogen-bond acceptors (Lipinski definition) is 4. The van der Waals surface area contributed by atoms with Crippen LogP contribution in [-0.2, 0) is 29.2 Å². The van der Waals surface area contributed by atoms with E-state index >= 15 is 0 Å². The van der Waals surface area contributed by atoms with Crippen molar-refractivity contribution in [2.24, 2.45) is 5.92 Å². The molecule has 1 aliphatic heterocycles. The number of carbonyl (C=O) groups excluding carboxylic acids is 1. The Morgan fingerprint density at radius 1 is 0.864 bits per heavy atom. The molecule has 4 aromatic carbocycles. The molecular formula is C33H32Cl2F3N3O3. The van der Waals surface area contributed by atoms with Crippen molar-refractivity contribution in [3.05, 3.63) is 118 Å². The number of nitrogens with one attached hydrogen (secondary N) is 2. The van der Waals surface area contributed by atoms with Crippen LogP contribution in [0.25, 0.3) is 10.8 Å². The summed E-state index contributed by atoms with van der Waals surface area (Å²) in [6, 6.07) is 30.7. The Bertz CT molecular complexity index is 1530. The van der Waals surface area contributed by atoms with Crippen molar-refractivity contribution in [3.8, 4) is 0 Å². The monoisotopic (exact) mass is 645 g/mol. The highest BCUT2D eigenvalue weighted by Crippen LogP contribution is 2.24. The average Bonchev–Trinajstić information content (AvgIpc) is 2.99. The molecular weight excluding hydrogens is 614 g/mol. The number of alkyl halides is 3. The normalized spacial score (nSPS) is 16.7. The van der Waals surface area contributed by atoms with Crippen LogP contribution in [0.2, 0.25) is 10.0 Å². The third kappa shape index (κ3) is 9.69. The van der Waals surface area contributed by atoms with E-state index in [0.717, 1.165) is 52.8 Å². The number of nitrogens with zero attached hydrogens (tertiary/aromatic N) is 1. The quantitative estimate of drug-likeness (QED) is 0.191. The Morgan fingerprint density at radius 2 is 1.43 bits per heavy atom. The highest BCUT2D eigenvalue weighted by Gasteiger charge is 2.38. The summed E-state index contributed by atoms with van der Waals surface area (Å²) in [5.41, 5.74) is 3.43. The van der Waals surface area contributed by atoms with E-state index in [4.69, 9.17) is 33.1 Å². The van der Waals surface area contributed by atoms with E-state index in [1.807, 2.05) is 54.6 Å². The van der Waals surface area contributed by atoms with Crippen LogP contribution in [0, 0.1) is 5.92 Å². The first-order valence-corrected chi connectivity index (χ1v) is 14.7. The lowest BCUT2D eigenvalue weighted by Gasteiger charge is -2.38. The molecule has 1 amide bonds. The zero-order valence-electron chi connectivity index (χ0n) is 23.7. The van der Waals surface area contributed by atoms with Crippen molar-refractivity contribution < 1.29 is 27.9 Å². The molecule has 0 unspecified atom stereocenters. The molecule has 0 radical (unpaired) electrons. The Kier molecular flexibility index (Phi) is 11.6. The summed E-state index contributed by atoms with van der Waals surface area (Å²) in [7, 11) is 0. The zero-order chi connectivity index (χ0) is 31.7. The van der Waals surface area contributed by atoms with Crippen molar-refractivity contribution >= 4 is 45.9 Å². The zero-order valence-corrected chi connectivity index (χ0v) is 25.2. The smallest absolute Gasteiger partial charge is 0.475 e. The van der Waals surface area contributed by atoms with Crippen LogP contribution in [0.5, 0.6) is 0 Å². The number of benzene rings is 4. The minimum atomic E-state index is -5.08. The fourth-order valence-corrected chi connectivity index (χ4v) is 5.65. The minimum Gasteiger partial charge on any atom is -0.475 e. The van der Waals surface area contributed by atoms with Crippen LogP contribution in [0.3, 0.4) is 0 Å². The van der Waals surface area contributed by atoms with Crippen molar-refractivity contribution in [3.63, 3.8) is 0 Å². The first-order chi connectivity index (χ1) is 21.0. The first-order valence-electron chi connectivity index (χ1n) is 14.0. The Hall–Kier alpha value is -3.63. The molecule has 0 spiro atoms. The van der Waals surface area contributed by atoms with E-state index in [9.17, 15) is 18.0 Å². The van der Waals surface area contributed by atoms with E-state index < -0.39 is 12.1 Å². The highest BCUT2D eigenvalue weighted by molar-refractivity contribution is 6.30. The number of fused-ring (bicyclic) bond motifs is 1. The van der Waals surface area contributed by atoms with Crippen LogP contribution in [-0.4, -0.2) is 47.2 Å². The molecule has 232 valence electrons. The second-order valence-electron chi connectivity index (χ2n) is 10.6. The summed E-state index contributed by atoms with van der Waals surface area (Å²) < 4.78 is 31.7. The maximum Gasteiger partial charge on any atom is 0.490 e. The molecule has 0 saturated carbocycles. The van der Waals surface area contributed by atoms with Gasteiger partial charge in [-0.3, -0.25) is 9.69 Å². The maximum atomic E-state index is 13.3. The fourth-order valence-electron chi connectivity index (χ4n) is 5.22. The minimum absolute atomic E-state index is 0.0931. The highest BCUT2D eigenvalue weighted by atomic mass is 35.5. The molecule has 0 aromatic heterocycles. The summed E-state index contributed by atoms with van der Waals surface area (Å²) in [5, 5.41) is 17.7. The largest absolute Gasteiger partial charge is 0.490 e. The molecule has 1 fully saturated rings. The number of halogens is 5. The second kappa shape index (κ2) is 15.4. The van der Waals surface area contributed by atoms with E-state index in [2.05, 4.69) is 51.9 Å². The third-order valence-corrected chi connectivity index (χ3v) is 7.81. The Labute approximate surface area is 263 Å². The van der Waals surface area contributed by atoms with Gasteiger partial charge in [-0.1, -0.05) is 89.9 Å². The van der Waals surface area contributed by atoms with Gasteiger partial charge in [0.05, 0.1) is 5.92 Å². The molecule has 3 N–H and O–H groups in total. The van der Waals surface area contributed by atoms with Crippen molar-refractivity contribution in [2.45, 2.75) is 38.3 Å². The molecule has 0 bridgehead atoms. The predicted molar refractivity (Wildman–Crippen MR) is 166 cm³/mol. The lowest BCUT2D eigenvalue weighted by Crippen LogP contribution is -2.51. The van der Waals surface area contributed by atoms with E-state index in [-0.39, 0.29) is 17.9 Å². The molecule has 1 aliphatic rings. The van der Waals surface area contributed by atoms with Gasteiger partial charge in [0.1, 0.15) is 0 Å². The molecule has 5 rings (SSSR count). The van der Waals surface area contributed by atoms with Crippen LogP contribution < -0.4 is 10.6 Å². The lowest BCUT2D eigenvalue weighted by molar-refractivity contribution is -0.192. The van der Waals surface area contributed by atoms with Gasteiger partial charge in [0, 0.05) is 48.8 Å². The third-order valence-electron chi connectivity index (χ3n) is 7.34. The van der Waals surface area contributed by atoms with Crippen LogP contribution in [0.1, 0.15) is 23.1 Å². The summed E-state index contributed by atoms with van der Waals surface area (Å²) in [6.45, 7) is 3.51. The van der Waals surface area contributed by atoms with Gasteiger partial charge in [0.15, 0.2) is 0 Å². The molecule has 0 aliphatic carbocycles. The van der Waals surface area contributed by atoms with E-state index in [1.54, 1.807) is 0 Å². The number of carboxylic acids is 1. The van der Waals surface area contributed by atoms with Crippen molar-refractivity contribution in [1.82, 2.24) is 15.5 Å². The van der Waals surface area contributed by atoms with Gasteiger partial charge in [-0.2, -0.15) is 13.2 Å². The van der Waals surface area contributed by atoms with Gasteiger partial charge in [-0.05, 0) is 58.1 Å². The van der Waals surface area contributed by atoms with Gasteiger partial charge in [0.2, 0.25) is 5.91 Å². The Balaban J connectivity index is 0.000000566. The molecule has 1 heterocycles. The number of amides is 1. The van der Waals surface area contributed by atoms with Gasteiger partial charge >= 0.3 is 12.1 Å². The number of rotatable bonds is 8. The molecule has 1 saturated heterocycles. The van der Waals surface area contributed by atoms with Crippen molar-refractivity contribution in [2.75, 3.05) is 13.1 Å². The van der Waals surface area contributed by atoms with Crippen LogP contribution in [0.4, 0.5) is 13.2 Å². The number of carbonyl (C=O) groups is 2. The summed E-state index contributed by atoms with van der Waals surface area (Å²) in [5.74, 6) is -2.77. The molecule has 4 aromatic rings. The van der Waals surface area contributed by atoms with Gasteiger partial charge in [-0.15, -0.1) is 0 Å². The number of aliphatic carboxylic acids is 1. The van der Waals surface area contributed by atoms with Gasteiger partial charge < -0.3 is 15.7 Å². The van der Waals surface area contributed by atoms with Gasteiger partial charge in [0.25, 0.3) is 0 Å². The summed E-state index contributed by atoms with van der Waals surface area (Å²) in [6.07, 6.45) is -4.30. The number of hydrogen-bond donors (Lipinski definition) is 3. The summed E-state index contributed by atoms with van der Waals surface area (Å²) >= 11 is 12.6. The number of carboxylic acid groups (broad SMARTS) is 1.